The minimum absolute atomic E-state index is 0.342. The number of carbonyl (C=O) groups excluding carboxylic acids is 2. The molecule has 4 nitrogen and oxygen atoms in total. The molecule has 0 aliphatic heterocycles. The van der Waals surface area contributed by atoms with Gasteiger partial charge in [0.25, 0.3) is 5.91 Å². The molecule has 1 heterocycles. The first-order chi connectivity index (χ1) is 9.47. The standard InChI is InChI=1S/C16H17NO3/c1-10-4-7-13(8-5-10)15(18)16(19)17-12(3)14-9-6-11(2)20-14/h4-9,12H,1-3H3,(H,17,19). The predicted molar refractivity (Wildman–Crippen MR) is 75.5 cm³/mol. The van der Waals surface area contributed by atoms with E-state index in [9.17, 15) is 9.59 Å². The summed E-state index contributed by atoms with van der Waals surface area (Å²) in [5.41, 5.74) is 1.43. The second kappa shape index (κ2) is 5.74. The van der Waals surface area contributed by atoms with Gasteiger partial charge in [-0.3, -0.25) is 9.59 Å². The lowest BCUT2D eigenvalue weighted by Crippen LogP contribution is -2.33. The fraction of sp³-hybridized carbons (Fsp3) is 0.250. The lowest BCUT2D eigenvalue weighted by Gasteiger charge is -2.10. The molecule has 0 fully saturated rings. The molecule has 104 valence electrons. The number of amides is 1. The van der Waals surface area contributed by atoms with E-state index < -0.39 is 11.7 Å². The third-order valence-corrected chi connectivity index (χ3v) is 3.06. The molecular formula is C16H17NO3. The molecule has 2 rings (SSSR count). The number of benzene rings is 1. The second-order valence-electron chi connectivity index (χ2n) is 4.84. The van der Waals surface area contributed by atoms with Crippen LogP contribution in [0.15, 0.2) is 40.8 Å². The molecule has 0 aliphatic rings. The van der Waals surface area contributed by atoms with Crippen LogP contribution in [0.2, 0.25) is 0 Å². The molecule has 4 heteroatoms. The van der Waals surface area contributed by atoms with E-state index in [-0.39, 0.29) is 6.04 Å². The normalized spacial score (nSPS) is 11.9. The number of Topliss-reactive ketones (excluding diaryl/α,β-unsaturated/α-hetero) is 1. The minimum Gasteiger partial charge on any atom is -0.464 e. The molecule has 1 unspecified atom stereocenters. The van der Waals surface area contributed by atoms with Crippen LogP contribution in [0, 0.1) is 13.8 Å². The fourth-order valence-corrected chi connectivity index (χ4v) is 1.86. The smallest absolute Gasteiger partial charge is 0.292 e. The Labute approximate surface area is 117 Å². The average molecular weight is 271 g/mol. The van der Waals surface area contributed by atoms with Crippen molar-refractivity contribution in [1.82, 2.24) is 5.32 Å². The van der Waals surface area contributed by atoms with Gasteiger partial charge in [-0.25, -0.2) is 0 Å². The molecular weight excluding hydrogens is 254 g/mol. The Kier molecular flexibility index (Phi) is 4.03. The molecule has 20 heavy (non-hydrogen) atoms. The SMILES string of the molecule is Cc1ccc(C(=O)C(=O)NC(C)c2ccc(C)o2)cc1. The molecule has 0 saturated heterocycles. The Bertz CT molecular complexity index is 625. The Balaban J connectivity index is 2.04. The summed E-state index contributed by atoms with van der Waals surface area (Å²) in [4.78, 5) is 23.9. The van der Waals surface area contributed by atoms with E-state index in [4.69, 9.17) is 4.42 Å². The van der Waals surface area contributed by atoms with Crippen molar-refractivity contribution in [2.45, 2.75) is 26.8 Å². The lowest BCUT2D eigenvalue weighted by atomic mass is 10.1. The predicted octanol–water partition coefficient (Wildman–Crippen LogP) is 2.96. The van der Waals surface area contributed by atoms with E-state index in [1.54, 1.807) is 37.3 Å². The van der Waals surface area contributed by atoms with Crippen LogP contribution < -0.4 is 5.32 Å². The quantitative estimate of drug-likeness (QED) is 0.687. The van der Waals surface area contributed by atoms with E-state index in [1.165, 1.54) is 0 Å². The van der Waals surface area contributed by atoms with Crippen LogP contribution >= 0.6 is 0 Å². The Morgan fingerprint density at radius 2 is 1.70 bits per heavy atom. The number of furan rings is 1. The highest BCUT2D eigenvalue weighted by molar-refractivity contribution is 6.42. The topological polar surface area (TPSA) is 59.3 Å². The summed E-state index contributed by atoms with van der Waals surface area (Å²) < 4.78 is 5.42. The van der Waals surface area contributed by atoms with E-state index in [1.807, 2.05) is 19.9 Å². The summed E-state index contributed by atoms with van der Waals surface area (Å²) in [6.45, 7) is 5.53. The van der Waals surface area contributed by atoms with Gasteiger partial charge >= 0.3 is 0 Å². The summed E-state index contributed by atoms with van der Waals surface area (Å²) >= 11 is 0. The molecule has 2 aromatic rings. The van der Waals surface area contributed by atoms with Crippen LogP contribution in [-0.4, -0.2) is 11.7 Å². The number of hydrogen-bond donors (Lipinski definition) is 1. The van der Waals surface area contributed by atoms with E-state index in [0.717, 1.165) is 11.3 Å². The Morgan fingerprint density at radius 1 is 1.05 bits per heavy atom. The van der Waals surface area contributed by atoms with Crippen molar-refractivity contribution in [3.63, 3.8) is 0 Å². The average Bonchev–Trinajstić information content (AvgIpc) is 2.85. The highest BCUT2D eigenvalue weighted by atomic mass is 16.3. The number of aryl methyl sites for hydroxylation is 2. The van der Waals surface area contributed by atoms with Crippen LogP contribution in [0.5, 0.6) is 0 Å². The summed E-state index contributed by atoms with van der Waals surface area (Å²) in [5, 5.41) is 2.64. The van der Waals surface area contributed by atoms with Crippen molar-refractivity contribution in [3.05, 3.63) is 59.0 Å². The maximum absolute atomic E-state index is 12.0. The first-order valence-electron chi connectivity index (χ1n) is 6.45. The maximum atomic E-state index is 12.0. The van der Waals surface area contributed by atoms with Crippen molar-refractivity contribution in [3.8, 4) is 0 Å². The van der Waals surface area contributed by atoms with Crippen LogP contribution in [-0.2, 0) is 4.79 Å². The monoisotopic (exact) mass is 271 g/mol. The Morgan fingerprint density at radius 3 is 2.25 bits per heavy atom. The zero-order chi connectivity index (χ0) is 14.7. The molecule has 0 aliphatic carbocycles. The highest BCUT2D eigenvalue weighted by Gasteiger charge is 2.20. The first-order valence-corrected chi connectivity index (χ1v) is 6.45. The Hall–Kier alpha value is -2.36. The van der Waals surface area contributed by atoms with Crippen LogP contribution in [0.25, 0.3) is 0 Å². The van der Waals surface area contributed by atoms with Gasteiger partial charge in [0, 0.05) is 5.56 Å². The molecule has 0 saturated carbocycles. The summed E-state index contributed by atoms with van der Waals surface area (Å²) in [7, 11) is 0. The summed E-state index contributed by atoms with van der Waals surface area (Å²) in [5.74, 6) is 0.231. The number of ketones is 1. The van der Waals surface area contributed by atoms with E-state index in [0.29, 0.717) is 11.3 Å². The maximum Gasteiger partial charge on any atom is 0.292 e. The molecule has 0 radical (unpaired) electrons. The van der Waals surface area contributed by atoms with Gasteiger partial charge in [0.05, 0.1) is 6.04 Å². The highest BCUT2D eigenvalue weighted by Crippen LogP contribution is 2.15. The zero-order valence-corrected chi connectivity index (χ0v) is 11.8. The second-order valence-corrected chi connectivity index (χ2v) is 4.84. The number of rotatable bonds is 4. The number of nitrogens with one attached hydrogen (secondary N) is 1. The molecule has 1 aromatic carbocycles. The molecule has 1 aromatic heterocycles. The molecule has 1 amide bonds. The number of hydrogen-bond acceptors (Lipinski definition) is 3. The van der Waals surface area contributed by atoms with E-state index in [2.05, 4.69) is 5.32 Å². The fourth-order valence-electron chi connectivity index (χ4n) is 1.86. The molecule has 1 N–H and O–H groups in total. The van der Waals surface area contributed by atoms with E-state index >= 15 is 0 Å². The van der Waals surface area contributed by atoms with Crippen LogP contribution in [0.4, 0.5) is 0 Å². The number of carbonyl (C=O) groups is 2. The van der Waals surface area contributed by atoms with Crippen molar-refractivity contribution in [1.29, 1.82) is 0 Å². The van der Waals surface area contributed by atoms with Crippen LogP contribution in [0.3, 0.4) is 0 Å². The van der Waals surface area contributed by atoms with Gasteiger partial charge in [0.15, 0.2) is 0 Å². The van der Waals surface area contributed by atoms with Gasteiger partial charge in [0.1, 0.15) is 11.5 Å². The first kappa shape index (κ1) is 14.1. The largest absolute Gasteiger partial charge is 0.464 e. The van der Waals surface area contributed by atoms with Gasteiger partial charge in [-0.05, 0) is 32.9 Å². The van der Waals surface area contributed by atoms with Crippen LogP contribution in [0.1, 0.15) is 40.4 Å². The molecule has 0 spiro atoms. The van der Waals surface area contributed by atoms with Crippen molar-refractivity contribution in [2.75, 3.05) is 0 Å². The lowest BCUT2D eigenvalue weighted by molar-refractivity contribution is -0.117. The summed E-state index contributed by atoms with van der Waals surface area (Å²) in [6.07, 6.45) is 0. The zero-order valence-electron chi connectivity index (χ0n) is 11.8. The van der Waals surface area contributed by atoms with Crippen molar-refractivity contribution < 1.29 is 14.0 Å². The van der Waals surface area contributed by atoms with Gasteiger partial charge in [-0.2, -0.15) is 0 Å². The molecule has 0 bridgehead atoms. The van der Waals surface area contributed by atoms with Gasteiger partial charge in [-0.15, -0.1) is 0 Å². The third-order valence-electron chi connectivity index (χ3n) is 3.06. The minimum atomic E-state index is -0.629. The molecule has 1 atom stereocenters. The summed E-state index contributed by atoms with van der Waals surface area (Å²) in [6, 6.07) is 10.2. The van der Waals surface area contributed by atoms with Crippen molar-refractivity contribution in [2.24, 2.45) is 0 Å². The van der Waals surface area contributed by atoms with Gasteiger partial charge < -0.3 is 9.73 Å². The van der Waals surface area contributed by atoms with Gasteiger partial charge in [0.2, 0.25) is 5.78 Å². The van der Waals surface area contributed by atoms with Crippen molar-refractivity contribution >= 4 is 11.7 Å². The third kappa shape index (κ3) is 3.15. The van der Waals surface area contributed by atoms with Gasteiger partial charge in [-0.1, -0.05) is 29.8 Å².